The molecule has 2 amide bonds. The third-order valence-corrected chi connectivity index (χ3v) is 6.48. The number of carbonyl (C=O) groups is 1. The van der Waals surface area contributed by atoms with Crippen LogP contribution in [-0.2, 0) is 9.47 Å². The Morgan fingerprint density at radius 2 is 1.88 bits per heavy atom. The van der Waals surface area contributed by atoms with Crippen molar-refractivity contribution in [3.8, 4) is 0 Å². The second-order valence-corrected chi connectivity index (χ2v) is 8.58. The SMILES string of the molecule is Cc1ccc(S[C@H]2CO[C@H]3[C@@H]2OC[C@@H]3NC(=O)NC2CCCCC2)nn1. The largest absolute Gasteiger partial charge is 0.372 e. The smallest absolute Gasteiger partial charge is 0.315 e. The summed E-state index contributed by atoms with van der Waals surface area (Å²) in [6, 6.07) is 4.03. The number of carbonyl (C=O) groups excluding carboxylic acids is 1. The summed E-state index contributed by atoms with van der Waals surface area (Å²) in [5.74, 6) is 0. The zero-order valence-corrected chi connectivity index (χ0v) is 15.8. The van der Waals surface area contributed by atoms with Gasteiger partial charge in [0.2, 0.25) is 0 Å². The fourth-order valence-electron chi connectivity index (χ4n) is 3.94. The number of aromatic nitrogens is 2. The van der Waals surface area contributed by atoms with Crippen molar-refractivity contribution in [2.45, 2.75) is 73.6 Å². The topological polar surface area (TPSA) is 85.4 Å². The Labute approximate surface area is 158 Å². The molecule has 0 unspecified atom stereocenters. The summed E-state index contributed by atoms with van der Waals surface area (Å²) in [4.78, 5) is 12.3. The molecule has 1 aromatic rings. The first-order chi connectivity index (χ1) is 12.7. The zero-order valence-electron chi connectivity index (χ0n) is 15.0. The molecule has 2 saturated heterocycles. The molecule has 3 fully saturated rings. The number of thioether (sulfide) groups is 1. The summed E-state index contributed by atoms with van der Waals surface area (Å²) in [7, 11) is 0. The highest BCUT2D eigenvalue weighted by Crippen LogP contribution is 2.36. The maximum atomic E-state index is 12.3. The molecule has 3 aliphatic rings. The highest BCUT2D eigenvalue weighted by molar-refractivity contribution is 8.00. The van der Waals surface area contributed by atoms with E-state index < -0.39 is 0 Å². The molecular formula is C18H26N4O3S. The van der Waals surface area contributed by atoms with Crippen LogP contribution in [0.1, 0.15) is 37.8 Å². The Kier molecular flexibility index (Phi) is 5.61. The minimum absolute atomic E-state index is 0.0249. The van der Waals surface area contributed by atoms with Crippen molar-refractivity contribution in [3.63, 3.8) is 0 Å². The number of amides is 2. The quantitative estimate of drug-likeness (QED) is 0.834. The van der Waals surface area contributed by atoms with Crippen LogP contribution in [0, 0.1) is 6.92 Å². The number of rotatable bonds is 4. The summed E-state index contributed by atoms with van der Waals surface area (Å²) >= 11 is 1.63. The maximum absolute atomic E-state index is 12.3. The van der Waals surface area contributed by atoms with E-state index in [9.17, 15) is 4.79 Å². The van der Waals surface area contributed by atoms with Crippen molar-refractivity contribution in [1.29, 1.82) is 0 Å². The molecule has 4 atom stereocenters. The van der Waals surface area contributed by atoms with Gasteiger partial charge in [0.1, 0.15) is 17.2 Å². The van der Waals surface area contributed by atoms with E-state index in [0.717, 1.165) is 23.6 Å². The molecule has 0 bridgehead atoms. The molecule has 0 spiro atoms. The van der Waals surface area contributed by atoms with Gasteiger partial charge in [0.15, 0.2) is 0 Å². The van der Waals surface area contributed by atoms with Gasteiger partial charge in [0.25, 0.3) is 0 Å². The molecule has 1 aliphatic carbocycles. The number of hydrogen-bond acceptors (Lipinski definition) is 6. The highest BCUT2D eigenvalue weighted by atomic mass is 32.2. The van der Waals surface area contributed by atoms with Gasteiger partial charge in [0.05, 0.1) is 30.2 Å². The molecule has 0 radical (unpaired) electrons. The van der Waals surface area contributed by atoms with Gasteiger partial charge in [-0.3, -0.25) is 0 Å². The molecule has 0 aromatic carbocycles. The second-order valence-electron chi connectivity index (χ2n) is 7.32. The summed E-state index contributed by atoms with van der Waals surface area (Å²) in [6.07, 6.45) is 5.71. The molecule has 2 N–H and O–H groups in total. The van der Waals surface area contributed by atoms with Crippen LogP contribution < -0.4 is 10.6 Å². The van der Waals surface area contributed by atoms with Gasteiger partial charge >= 0.3 is 6.03 Å². The number of nitrogens with one attached hydrogen (secondary N) is 2. The molecule has 4 rings (SSSR count). The first-order valence-corrected chi connectivity index (χ1v) is 10.3. The Hall–Kier alpha value is -1.38. The molecular weight excluding hydrogens is 352 g/mol. The lowest BCUT2D eigenvalue weighted by molar-refractivity contribution is 0.0693. The standard InChI is InChI=1S/C18H26N4O3S/c1-11-7-8-15(22-21-11)26-14-10-25-16-13(9-24-17(14)16)20-18(23)19-12-5-3-2-4-6-12/h7-8,12-14,16-17H,2-6,9-10H2,1H3,(H2,19,20,23)/t13-,14-,16+,17+/m0/s1. The lowest BCUT2D eigenvalue weighted by atomic mass is 9.96. The molecule has 1 aromatic heterocycles. The summed E-state index contributed by atoms with van der Waals surface area (Å²) in [5.41, 5.74) is 0.903. The number of fused-ring (bicyclic) bond motifs is 1. The van der Waals surface area contributed by atoms with Crippen molar-refractivity contribution in [3.05, 3.63) is 17.8 Å². The second kappa shape index (κ2) is 8.10. The van der Waals surface area contributed by atoms with E-state index in [1.807, 2.05) is 19.1 Å². The normalized spacial score (nSPS) is 31.6. The molecule has 2 aliphatic heterocycles. The molecule has 142 valence electrons. The first kappa shape index (κ1) is 18.0. The number of aryl methyl sites for hydroxylation is 1. The van der Waals surface area contributed by atoms with Gasteiger partial charge in [-0.2, -0.15) is 5.10 Å². The molecule has 1 saturated carbocycles. The third kappa shape index (κ3) is 4.13. The molecule has 7 nitrogen and oxygen atoms in total. The van der Waals surface area contributed by atoms with Crippen molar-refractivity contribution >= 4 is 17.8 Å². The monoisotopic (exact) mass is 378 g/mol. The number of hydrogen-bond donors (Lipinski definition) is 2. The Morgan fingerprint density at radius 3 is 2.65 bits per heavy atom. The van der Waals surface area contributed by atoms with Crippen LogP contribution in [0.15, 0.2) is 17.2 Å². The molecule has 3 heterocycles. The van der Waals surface area contributed by atoms with Gasteiger partial charge in [-0.1, -0.05) is 31.0 Å². The van der Waals surface area contributed by atoms with Crippen molar-refractivity contribution < 1.29 is 14.3 Å². The van der Waals surface area contributed by atoms with Crippen molar-refractivity contribution in [2.75, 3.05) is 13.2 Å². The average Bonchev–Trinajstić information content (AvgIpc) is 3.22. The van der Waals surface area contributed by atoms with E-state index in [0.29, 0.717) is 19.3 Å². The van der Waals surface area contributed by atoms with Crippen LogP contribution in [0.4, 0.5) is 4.79 Å². The van der Waals surface area contributed by atoms with Gasteiger partial charge in [-0.25, -0.2) is 4.79 Å². The predicted molar refractivity (Wildman–Crippen MR) is 98.2 cm³/mol. The van der Waals surface area contributed by atoms with Crippen LogP contribution in [0.25, 0.3) is 0 Å². The number of urea groups is 1. The van der Waals surface area contributed by atoms with E-state index in [2.05, 4.69) is 20.8 Å². The van der Waals surface area contributed by atoms with Crippen LogP contribution in [0.3, 0.4) is 0 Å². The van der Waals surface area contributed by atoms with Gasteiger partial charge in [-0.15, -0.1) is 5.10 Å². The van der Waals surface area contributed by atoms with Crippen LogP contribution in [0.2, 0.25) is 0 Å². The highest BCUT2D eigenvalue weighted by Gasteiger charge is 2.48. The summed E-state index contributed by atoms with van der Waals surface area (Å²) < 4.78 is 11.9. The minimum Gasteiger partial charge on any atom is -0.372 e. The zero-order chi connectivity index (χ0) is 17.9. The Balaban J connectivity index is 1.28. The van der Waals surface area contributed by atoms with Crippen molar-refractivity contribution in [2.24, 2.45) is 0 Å². The third-order valence-electron chi connectivity index (χ3n) is 5.31. The van der Waals surface area contributed by atoms with E-state index in [-0.39, 0.29) is 29.5 Å². The average molecular weight is 378 g/mol. The van der Waals surface area contributed by atoms with Crippen LogP contribution in [0.5, 0.6) is 0 Å². The predicted octanol–water partition coefficient (Wildman–Crippen LogP) is 2.04. The summed E-state index contributed by atoms with van der Waals surface area (Å²) in [5, 5.41) is 15.5. The van der Waals surface area contributed by atoms with Gasteiger partial charge in [0, 0.05) is 6.04 Å². The lowest BCUT2D eigenvalue weighted by Gasteiger charge is -2.24. The fourth-order valence-corrected chi connectivity index (χ4v) is 4.99. The first-order valence-electron chi connectivity index (χ1n) is 9.46. The summed E-state index contributed by atoms with van der Waals surface area (Å²) in [6.45, 7) is 3.01. The number of ether oxygens (including phenoxy) is 2. The lowest BCUT2D eigenvalue weighted by Crippen LogP contribution is -2.51. The van der Waals surface area contributed by atoms with Gasteiger partial charge in [-0.05, 0) is 31.9 Å². The van der Waals surface area contributed by atoms with Crippen molar-refractivity contribution in [1.82, 2.24) is 20.8 Å². The minimum atomic E-state index is -0.102. The van der Waals surface area contributed by atoms with E-state index in [1.165, 1.54) is 19.3 Å². The Morgan fingerprint density at radius 1 is 1.08 bits per heavy atom. The van der Waals surface area contributed by atoms with E-state index in [1.54, 1.807) is 11.8 Å². The molecule has 8 heteroatoms. The van der Waals surface area contributed by atoms with Crippen LogP contribution in [-0.4, -0.2) is 59.0 Å². The molecule has 26 heavy (non-hydrogen) atoms. The van der Waals surface area contributed by atoms with E-state index >= 15 is 0 Å². The van der Waals surface area contributed by atoms with E-state index in [4.69, 9.17) is 9.47 Å². The Bertz CT molecular complexity index is 623. The fraction of sp³-hybridized carbons (Fsp3) is 0.722. The van der Waals surface area contributed by atoms with Crippen LogP contribution >= 0.6 is 11.8 Å². The maximum Gasteiger partial charge on any atom is 0.315 e. The number of nitrogens with zero attached hydrogens (tertiary/aromatic N) is 2. The van der Waals surface area contributed by atoms with Gasteiger partial charge < -0.3 is 20.1 Å².